The normalized spacial score (nSPS) is 17.7. The van der Waals surface area contributed by atoms with Gasteiger partial charge >= 0.3 is 0 Å². The molecule has 3 rings (SSSR count). The molecule has 1 saturated heterocycles. The van der Waals surface area contributed by atoms with E-state index < -0.39 is 0 Å². The van der Waals surface area contributed by atoms with Crippen LogP contribution >= 0.6 is 0 Å². The number of nitrogens with zero attached hydrogens (tertiary/aromatic N) is 4. The van der Waals surface area contributed by atoms with E-state index in [-0.39, 0.29) is 24.4 Å². The zero-order chi connectivity index (χ0) is 17.6. The van der Waals surface area contributed by atoms with Gasteiger partial charge in [0.2, 0.25) is 11.8 Å². The van der Waals surface area contributed by atoms with Crippen LogP contribution in [0.3, 0.4) is 0 Å². The van der Waals surface area contributed by atoms with Crippen LogP contribution in [0, 0.1) is 0 Å². The molecule has 0 radical (unpaired) electrons. The Morgan fingerprint density at radius 1 is 1.48 bits per heavy atom. The average molecular weight is 344 g/mol. The van der Waals surface area contributed by atoms with Crippen LogP contribution in [0.15, 0.2) is 28.9 Å². The smallest absolute Gasteiger partial charge is 0.240 e. The number of amides is 1. The minimum Gasteiger partial charge on any atom is -0.354 e. The molecule has 2 aromatic rings. The number of rotatable bonds is 6. The highest BCUT2D eigenvalue weighted by molar-refractivity contribution is 5.91. The summed E-state index contributed by atoms with van der Waals surface area (Å²) in [4.78, 5) is 14.3. The van der Waals surface area contributed by atoms with Gasteiger partial charge in [0.15, 0.2) is 5.82 Å². The highest BCUT2D eigenvalue weighted by Gasteiger charge is 2.21. The van der Waals surface area contributed by atoms with Gasteiger partial charge in [-0.05, 0) is 30.9 Å². The minimum atomic E-state index is -0.136. The maximum Gasteiger partial charge on any atom is 0.240 e. The number of aromatic nitrogens is 3. The summed E-state index contributed by atoms with van der Waals surface area (Å²) in [5, 5.41) is 18.1. The Kier molecular flexibility index (Phi) is 5.60. The standard InChI is InChI=1S/C17H24N6O2/c1-12(2)14-9-17(25-22-14)20-16(24)10-18-13-5-4-8-23(11-13)15-6-3-7-19-21-15/h3,6-7,9,12-13,18H,4-5,8,10-11H2,1-2H3,(H,20,24). The van der Waals surface area contributed by atoms with Crippen molar-refractivity contribution < 1.29 is 9.32 Å². The molecular formula is C17H24N6O2. The molecule has 1 atom stereocenters. The van der Waals surface area contributed by atoms with Crippen molar-refractivity contribution in [2.45, 2.75) is 38.6 Å². The second-order valence-corrected chi connectivity index (χ2v) is 6.57. The molecule has 0 aliphatic carbocycles. The van der Waals surface area contributed by atoms with Gasteiger partial charge in [-0.2, -0.15) is 5.10 Å². The third-order valence-corrected chi connectivity index (χ3v) is 4.24. The summed E-state index contributed by atoms with van der Waals surface area (Å²) in [6.45, 7) is 6.05. The van der Waals surface area contributed by atoms with E-state index >= 15 is 0 Å². The first-order valence-electron chi connectivity index (χ1n) is 8.64. The average Bonchev–Trinajstić information content (AvgIpc) is 3.10. The van der Waals surface area contributed by atoms with Crippen LogP contribution in [-0.2, 0) is 4.79 Å². The predicted octanol–water partition coefficient (Wildman–Crippen LogP) is 1.79. The van der Waals surface area contributed by atoms with E-state index in [0.717, 1.165) is 37.4 Å². The lowest BCUT2D eigenvalue weighted by Crippen LogP contribution is -2.48. The Hall–Kier alpha value is -2.48. The van der Waals surface area contributed by atoms with Gasteiger partial charge in [-0.25, -0.2) is 0 Å². The molecule has 0 saturated carbocycles. The van der Waals surface area contributed by atoms with Crippen molar-refractivity contribution in [2.24, 2.45) is 0 Å². The number of carbonyl (C=O) groups is 1. The van der Waals surface area contributed by atoms with Crippen molar-refractivity contribution in [3.05, 3.63) is 30.1 Å². The summed E-state index contributed by atoms with van der Waals surface area (Å²) < 4.78 is 5.13. The fourth-order valence-electron chi connectivity index (χ4n) is 2.85. The van der Waals surface area contributed by atoms with Crippen molar-refractivity contribution in [3.8, 4) is 0 Å². The zero-order valence-corrected chi connectivity index (χ0v) is 14.6. The van der Waals surface area contributed by atoms with Gasteiger partial charge in [-0.15, -0.1) is 5.10 Å². The summed E-state index contributed by atoms with van der Waals surface area (Å²) >= 11 is 0. The van der Waals surface area contributed by atoms with Crippen LogP contribution in [0.25, 0.3) is 0 Å². The number of nitrogens with one attached hydrogen (secondary N) is 2. The van der Waals surface area contributed by atoms with Crippen molar-refractivity contribution in [1.82, 2.24) is 20.7 Å². The molecule has 25 heavy (non-hydrogen) atoms. The van der Waals surface area contributed by atoms with E-state index in [1.165, 1.54) is 0 Å². The molecule has 1 aliphatic rings. The molecule has 1 unspecified atom stereocenters. The van der Waals surface area contributed by atoms with Gasteiger partial charge in [-0.1, -0.05) is 19.0 Å². The Balaban J connectivity index is 1.46. The van der Waals surface area contributed by atoms with Crippen LogP contribution in [-0.4, -0.2) is 46.9 Å². The number of hydrogen-bond acceptors (Lipinski definition) is 7. The Morgan fingerprint density at radius 3 is 3.08 bits per heavy atom. The molecule has 0 aromatic carbocycles. The molecule has 1 aliphatic heterocycles. The number of anilines is 2. The fourth-order valence-corrected chi connectivity index (χ4v) is 2.85. The summed E-state index contributed by atoms with van der Waals surface area (Å²) in [5.74, 6) is 1.39. The van der Waals surface area contributed by atoms with E-state index in [0.29, 0.717) is 5.88 Å². The predicted molar refractivity (Wildman–Crippen MR) is 94.5 cm³/mol. The van der Waals surface area contributed by atoms with E-state index in [2.05, 4.69) is 30.9 Å². The quantitative estimate of drug-likeness (QED) is 0.824. The molecule has 1 amide bonds. The van der Waals surface area contributed by atoms with E-state index in [9.17, 15) is 4.79 Å². The second-order valence-electron chi connectivity index (χ2n) is 6.57. The topological polar surface area (TPSA) is 96.2 Å². The molecule has 3 heterocycles. The first kappa shape index (κ1) is 17.3. The van der Waals surface area contributed by atoms with E-state index in [1.54, 1.807) is 12.3 Å². The molecule has 1 fully saturated rings. The van der Waals surface area contributed by atoms with Crippen molar-refractivity contribution in [2.75, 3.05) is 29.9 Å². The molecule has 8 heteroatoms. The lowest BCUT2D eigenvalue weighted by atomic mass is 10.1. The lowest BCUT2D eigenvalue weighted by Gasteiger charge is -2.33. The van der Waals surface area contributed by atoms with Gasteiger partial charge in [0.25, 0.3) is 0 Å². The van der Waals surface area contributed by atoms with Crippen molar-refractivity contribution >= 4 is 17.6 Å². The van der Waals surface area contributed by atoms with Gasteiger partial charge in [0, 0.05) is 31.4 Å². The number of hydrogen-bond donors (Lipinski definition) is 2. The second kappa shape index (κ2) is 8.06. The third kappa shape index (κ3) is 4.76. The fraction of sp³-hybridized carbons (Fsp3) is 0.529. The molecule has 134 valence electrons. The Morgan fingerprint density at radius 2 is 2.36 bits per heavy atom. The Bertz CT molecular complexity index is 687. The summed E-state index contributed by atoms with van der Waals surface area (Å²) in [6.07, 6.45) is 3.75. The molecule has 0 bridgehead atoms. The Labute approximate surface area is 147 Å². The highest BCUT2D eigenvalue weighted by atomic mass is 16.5. The van der Waals surface area contributed by atoms with Gasteiger partial charge < -0.3 is 14.7 Å². The number of carbonyl (C=O) groups excluding carboxylic acids is 1. The van der Waals surface area contributed by atoms with Crippen molar-refractivity contribution in [3.63, 3.8) is 0 Å². The first-order chi connectivity index (χ1) is 12.1. The van der Waals surface area contributed by atoms with Crippen LogP contribution in [0.1, 0.15) is 38.3 Å². The lowest BCUT2D eigenvalue weighted by molar-refractivity contribution is -0.115. The largest absolute Gasteiger partial charge is 0.354 e. The molecular weight excluding hydrogens is 320 g/mol. The monoisotopic (exact) mass is 344 g/mol. The summed E-state index contributed by atoms with van der Waals surface area (Å²) in [7, 11) is 0. The third-order valence-electron chi connectivity index (χ3n) is 4.24. The molecule has 0 spiro atoms. The van der Waals surface area contributed by atoms with Crippen LogP contribution < -0.4 is 15.5 Å². The SMILES string of the molecule is CC(C)c1cc(NC(=O)CNC2CCCN(c3cccnn3)C2)on1. The van der Waals surface area contributed by atoms with Crippen molar-refractivity contribution in [1.29, 1.82) is 0 Å². The van der Waals surface area contributed by atoms with Crippen LogP contribution in [0.2, 0.25) is 0 Å². The number of piperidine rings is 1. The maximum absolute atomic E-state index is 12.1. The minimum absolute atomic E-state index is 0.136. The summed E-state index contributed by atoms with van der Waals surface area (Å²) in [6, 6.07) is 5.84. The van der Waals surface area contributed by atoms with Crippen LogP contribution in [0.5, 0.6) is 0 Å². The van der Waals surface area contributed by atoms with E-state index in [1.807, 2.05) is 26.0 Å². The zero-order valence-electron chi connectivity index (χ0n) is 14.6. The van der Waals surface area contributed by atoms with Gasteiger partial charge in [0.05, 0.1) is 12.2 Å². The maximum atomic E-state index is 12.1. The van der Waals surface area contributed by atoms with E-state index in [4.69, 9.17) is 4.52 Å². The van der Waals surface area contributed by atoms with Gasteiger partial charge in [-0.3, -0.25) is 10.1 Å². The van der Waals surface area contributed by atoms with Crippen LogP contribution in [0.4, 0.5) is 11.7 Å². The molecule has 2 N–H and O–H groups in total. The molecule has 2 aromatic heterocycles. The summed E-state index contributed by atoms with van der Waals surface area (Å²) in [5.41, 5.74) is 0.829. The first-order valence-corrected chi connectivity index (χ1v) is 8.64. The van der Waals surface area contributed by atoms with Gasteiger partial charge in [0.1, 0.15) is 0 Å². The highest BCUT2D eigenvalue weighted by Crippen LogP contribution is 2.18. The molecule has 8 nitrogen and oxygen atoms in total.